The van der Waals surface area contributed by atoms with Crippen LogP contribution in [0.4, 0.5) is 0 Å². The first-order chi connectivity index (χ1) is 10.9. The van der Waals surface area contributed by atoms with Crippen molar-refractivity contribution >= 4 is 5.78 Å². The third-order valence-corrected chi connectivity index (χ3v) is 5.72. The molecule has 0 saturated carbocycles. The first kappa shape index (κ1) is 19.6. The molecule has 0 aliphatic carbocycles. The van der Waals surface area contributed by atoms with Crippen LogP contribution in [0, 0.1) is 11.8 Å². The van der Waals surface area contributed by atoms with E-state index in [0.29, 0.717) is 12.3 Å². The van der Waals surface area contributed by atoms with Gasteiger partial charge in [0, 0.05) is 12.8 Å². The van der Waals surface area contributed by atoms with E-state index < -0.39 is 16.8 Å². The number of rotatable bonds is 1. The van der Waals surface area contributed by atoms with Gasteiger partial charge < -0.3 is 14.9 Å². The highest BCUT2D eigenvalue weighted by Crippen LogP contribution is 2.40. The third-order valence-electron chi connectivity index (χ3n) is 5.72. The van der Waals surface area contributed by atoms with Gasteiger partial charge in [-0.15, -0.1) is 0 Å². The maximum Gasteiger partial charge on any atom is 0.138 e. The van der Waals surface area contributed by atoms with Crippen LogP contribution in [0.15, 0.2) is 12.2 Å². The molecule has 5 atom stereocenters. The zero-order valence-electron chi connectivity index (χ0n) is 15.8. The summed E-state index contributed by atoms with van der Waals surface area (Å²) in [4.78, 5) is 12.4. The van der Waals surface area contributed by atoms with E-state index in [1.807, 2.05) is 19.9 Å². The molecule has 0 spiro atoms. The monoisotopic (exact) mass is 338 g/mol. The van der Waals surface area contributed by atoms with Crippen LogP contribution >= 0.6 is 0 Å². The molecule has 0 aromatic heterocycles. The van der Waals surface area contributed by atoms with Gasteiger partial charge in [-0.25, -0.2) is 0 Å². The summed E-state index contributed by atoms with van der Waals surface area (Å²) in [6, 6.07) is 0. The second kappa shape index (κ2) is 6.89. The molecule has 4 heteroatoms. The van der Waals surface area contributed by atoms with Crippen molar-refractivity contribution in [1.82, 2.24) is 0 Å². The molecule has 2 rings (SSSR count). The smallest absolute Gasteiger partial charge is 0.138 e. The number of hydrogen-bond acceptors (Lipinski definition) is 4. The molecule has 0 aromatic carbocycles. The molecule has 2 N–H and O–H groups in total. The number of Topliss-reactive ketones (excluding diaryl/α,β-unsaturated/α-hetero) is 1. The predicted molar refractivity (Wildman–Crippen MR) is 94.7 cm³/mol. The molecule has 2 bridgehead atoms. The van der Waals surface area contributed by atoms with E-state index in [1.165, 1.54) is 0 Å². The lowest BCUT2D eigenvalue weighted by Crippen LogP contribution is -2.42. The van der Waals surface area contributed by atoms with Crippen LogP contribution in [-0.4, -0.2) is 38.9 Å². The summed E-state index contributed by atoms with van der Waals surface area (Å²) in [7, 11) is 0. The first-order valence-electron chi connectivity index (χ1n) is 9.26. The minimum Gasteiger partial charge on any atom is -0.387 e. The lowest BCUT2D eigenvalue weighted by molar-refractivity contribution is -0.143. The number of hydrogen-bond donors (Lipinski definition) is 2. The summed E-state index contributed by atoms with van der Waals surface area (Å²) in [5.41, 5.74) is -2.55. The first-order valence-corrected chi connectivity index (χ1v) is 9.26. The quantitative estimate of drug-likeness (QED) is 0.719. The standard InChI is InChI=1S/C20H34O4/c1-14(2)15-6-9-18(3,22)12-16(21)13-19(4)10-8-17(24-19)20(5,23)11-7-15/h6,9,14-15,17,22-23H,7-8,10-13H2,1-5H3/b9-6+/t15-,17-,18+,19+,20+/m0/s1. The van der Waals surface area contributed by atoms with Crippen molar-refractivity contribution in [2.75, 3.05) is 0 Å². The molecular formula is C20H34O4. The molecular weight excluding hydrogens is 304 g/mol. The van der Waals surface area contributed by atoms with Crippen molar-refractivity contribution in [2.24, 2.45) is 11.8 Å². The van der Waals surface area contributed by atoms with Gasteiger partial charge in [0.2, 0.25) is 0 Å². The largest absolute Gasteiger partial charge is 0.387 e. The van der Waals surface area contributed by atoms with Gasteiger partial charge in [0.25, 0.3) is 0 Å². The molecule has 2 aliphatic rings. The summed E-state index contributed by atoms with van der Waals surface area (Å²) in [6.07, 6.45) is 6.98. The van der Waals surface area contributed by atoms with Crippen LogP contribution in [0.2, 0.25) is 0 Å². The lowest BCUT2D eigenvalue weighted by Gasteiger charge is -2.33. The summed E-state index contributed by atoms with van der Waals surface area (Å²) < 4.78 is 6.14. The van der Waals surface area contributed by atoms with Crippen molar-refractivity contribution in [3.63, 3.8) is 0 Å². The number of fused-ring (bicyclic) bond motifs is 2. The Bertz CT molecular complexity index is 492. The van der Waals surface area contributed by atoms with Crippen LogP contribution in [0.3, 0.4) is 0 Å². The van der Waals surface area contributed by atoms with Gasteiger partial charge in [-0.05, 0) is 58.3 Å². The van der Waals surface area contributed by atoms with Crippen LogP contribution < -0.4 is 0 Å². The van der Waals surface area contributed by atoms with Crippen LogP contribution in [0.5, 0.6) is 0 Å². The van der Waals surface area contributed by atoms with Crippen molar-refractivity contribution in [1.29, 1.82) is 0 Å². The highest BCUT2D eigenvalue weighted by molar-refractivity contribution is 5.80. The Labute approximate surface area is 146 Å². The fraction of sp³-hybridized carbons (Fsp3) is 0.850. The van der Waals surface area contributed by atoms with Crippen molar-refractivity contribution < 1.29 is 19.7 Å². The number of carbonyl (C=O) groups is 1. The second-order valence-electron chi connectivity index (χ2n) is 9.01. The van der Waals surface area contributed by atoms with Gasteiger partial charge in [0.15, 0.2) is 0 Å². The van der Waals surface area contributed by atoms with Gasteiger partial charge in [-0.1, -0.05) is 26.0 Å². The average Bonchev–Trinajstić information content (AvgIpc) is 2.79. The minimum atomic E-state index is -1.13. The zero-order valence-corrected chi connectivity index (χ0v) is 15.8. The molecule has 0 amide bonds. The summed E-state index contributed by atoms with van der Waals surface area (Å²) >= 11 is 0. The predicted octanol–water partition coefficient (Wildman–Crippen LogP) is 3.40. The lowest BCUT2D eigenvalue weighted by atomic mass is 9.82. The van der Waals surface area contributed by atoms with E-state index in [4.69, 9.17) is 4.74 Å². The van der Waals surface area contributed by atoms with Gasteiger partial charge in [-0.2, -0.15) is 0 Å². The Hall–Kier alpha value is -0.710. The van der Waals surface area contributed by atoms with Gasteiger partial charge >= 0.3 is 0 Å². The second-order valence-corrected chi connectivity index (χ2v) is 9.01. The minimum absolute atomic E-state index is 0.00721. The Morgan fingerprint density at radius 3 is 2.42 bits per heavy atom. The van der Waals surface area contributed by atoms with E-state index in [1.54, 1.807) is 13.0 Å². The Balaban J connectivity index is 2.28. The molecule has 4 nitrogen and oxygen atoms in total. The molecule has 0 aromatic rings. The topological polar surface area (TPSA) is 66.8 Å². The van der Waals surface area contributed by atoms with E-state index in [2.05, 4.69) is 13.8 Å². The van der Waals surface area contributed by atoms with E-state index in [9.17, 15) is 15.0 Å². The van der Waals surface area contributed by atoms with Crippen LogP contribution in [0.1, 0.15) is 73.1 Å². The number of ketones is 1. The third kappa shape index (κ3) is 4.90. The molecule has 0 radical (unpaired) electrons. The van der Waals surface area contributed by atoms with Crippen LogP contribution in [0.25, 0.3) is 0 Å². The highest BCUT2D eigenvalue weighted by Gasteiger charge is 2.45. The van der Waals surface area contributed by atoms with E-state index >= 15 is 0 Å². The molecule has 1 fully saturated rings. The Morgan fingerprint density at radius 1 is 1.12 bits per heavy atom. The molecule has 0 unspecified atom stereocenters. The van der Waals surface area contributed by atoms with Gasteiger partial charge in [-0.3, -0.25) is 4.79 Å². The average molecular weight is 338 g/mol. The zero-order chi connectivity index (χ0) is 18.2. The van der Waals surface area contributed by atoms with E-state index in [-0.39, 0.29) is 30.6 Å². The Kier molecular flexibility index (Phi) is 5.63. The molecule has 1 saturated heterocycles. The molecule has 24 heavy (non-hydrogen) atoms. The van der Waals surface area contributed by atoms with Crippen molar-refractivity contribution in [3.8, 4) is 0 Å². The summed E-state index contributed by atoms with van der Waals surface area (Å²) in [5, 5.41) is 21.5. The fourth-order valence-corrected chi connectivity index (χ4v) is 4.01. The highest BCUT2D eigenvalue weighted by atomic mass is 16.5. The maximum absolute atomic E-state index is 12.4. The number of carbonyl (C=O) groups excluding carboxylic acids is 1. The van der Waals surface area contributed by atoms with Gasteiger partial charge in [0.05, 0.1) is 22.9 Å². The van der Waals surface area contributed by atoms with Crippen molar-refractivity contribution in [2.45, 2.75) is 96.1 Å². The summed E-state index contributed by atoms with van der Waals surface area (Å²) in [5.74, 6) is 0.669. The molecule has 138 valence electrons. The normalized spacial score (nSPS) is 46.2. The van der Waals surface area contributed by atoms with Gasteiger partial charge in [0.1, 0.15) is 5.78 Å². The van der Waals surface area contributed by atoms with Crippen LogP contribution in [-0.2, 0) is 9.53 Å². The molecule has 2 heterocycles. The summed E-state index contributed by atoms with van der Waals surface area (Å²) in [6.45, 7) is 9.77. The number of ether oxygens (including phenoxy) is 1. The maximum atomic E-state index is 12.4. The fourth-order valence-electron chi connectivity index (χ4n) is 4.01. The Morgan fingerprint density at radius 2 is 1.79 bits per heavy atom. The number of allylic oxidation sites excluding steroid dienone is 1. The van der Waals surface area contributed by atoms with E-state index in [0.717, 1.165) is 19.3 Å². The SMILES string of the molecule is CC(C)[C@H]1/C=C/[C@@](C)(O)CC(=O)C[C@@]2(C)CC[C@H](O2)[C@](C)(O)CC1. The van der Waals surface area contributed by atoms with Crippen molar-refractivity contribution in [3.05, 3.63) is 12.2 Å². The number of aliphatic hydroxyl groups is 2. The molecule has 2 aliphatic heterocycles.